The van der Waals surface area contributed by atoms with Crippen LogP contribution in [-0.2, 0) is 20.9 Å². The molecule has 0 aromatic heterocycles. The average molecular weight is 371 g/mol. The number of hydrogen-bond donors (Lipinski definition) is 0. The predicted molar refractivity (Wildman–Crippen MR) is 106 cm³/mol. The minimum Gasteiger partial charge on any atom is -0.467 e. The number of carbonyl (C=O) groups is 2. The number of carbonyl (C=O) groups excluding carboxylic acids is 2. The number of nitrogens with zero attached hydrogens (tertiary/aromatic N) is 1. The first-order valence-electron chi connectivity index (χ1n) is 8.96. The molecule has 27 heavy (non-hydrogen) atoms. The molecule has 5 nitrogen and oxygen atoms in total. The highest BCUT2D eigenvalue weighted by Crippen LogP contribution is 2.21. The van der Waals surface area contributed by atoms with Crippen molar-refractivity contribution in [3.05, 3.63) is 65.9 Å². The van der Waals surface area contributed by atoms with Crippen LogP contribution in [0.4, 0.5) is 4.79 Å². The Hall–Kier alpha value is -2.78. The van der Waals surface area contributed by atoms with E-state index in [1.807, 2.05) is 63.3 Å². The zero-order valence-corrected chi connectivity index (χ0v) is 16.8. The maximum absolute atomic E-state index is 12.8. The molecule has 5 heteroatoms. The van der Waals surface area contributed by atoms with Crippen LogP contribution in [-0.4, -0.2) is 36.2 Å². The first kappa shape index (κ1) is 22.3. The predicted octanol–water partition coefficient (Wildman–Crippen LogP) is 4.50. The van der Waals surface area contributed by atoms with E-state index in [4.69, 9.17) is 9.47 Å². The van der Waals surface area contributed by atoms with E-state index in [-0.39, 0.29) is 19.1 Å². The zero-order chi connectivity index (χ0) is 20.3. The van der Waals surface area contributed by atoms with Gasteiger partial charge in [0, 0.05) is 6.54 Å². The molecular formula is C22H29NO4. The molecule has 1 unspecified atom stereocenters. The lowest BCUT2D eigenvalue weighted by Crippen LogP contribution is -2.54. The lowest BCUT2D eigenvalue weighted by molar-refractivity contribution is -0.150. The molecule has 0 aliphatic rings. The van der Waals surface area contributed by atoms with E-state index < -0.39 is 17.6 Å². The van der Waals surface area contributed by atoms with Gasteiger partial charge in [-0.25, -0.2) is 9.59 Å². The smallest absolute Gasteiger partial charge is 0.411 e. The van der Waals surface area contributed by atoms with Crippen LogP contribution in [0.5, 0.6) is 0 Å². The number of allylic oxidation sites excluding steroid dienone is 1. The van der Waals surface area contributed by atoms with Crippen LogP contribution in [0.25, 0.3) is 0 Å². The van der Waals surface area contributed by atoms with Crippen molar-refractivity contribution in [1.82, 2.24) is 4.90 Å². The lowest BCUT2D eigenvalue weighted by atomic mass is 9.99. The summed E-state index contributed by atoms with van der Waals surface area (Å²) in [6, 6.07) is 9.38. The van der Waals surface area contributed by atoms with E-state index in [0.717, 1.165) is 5.56 Å². The van der Waals surface area contributed by atoms with Crippen molar-refractivity contribution in [2.75, 3.05) is 13.7 Å². The molecule has 0 fully saturated rings. The summed E-state index contributed by atoms with van der Waals surface area (Å²) in [4.78, 5) is 26.6. The summed E-state index contributed by atoms with van der Waals surface area (Å²) in [6.45, 7) is 7.79. The number of hydrogen-bond acceptors (Lipinski definition) is 4. The molecule has 0 saturated heterocycles. The summed E-state index contributed by atoms with van der Waals surface area (Å²) in [7, 11) is 1.30. The molecular weight excluding hydrogens is 342 g/mol. The fourth-order valence-electron chi connectivity index (χ4n) is 2.32. The molecule has 1 rings (SSSR count). The Kier molecular flexibility index (Phi) is 9.11. The lowest BCUT2D eigenvalue weighted by Gasteiger charge is -2.34. The molecule has 0 aliphatic carbocycles. The van der Waals surface area contributed by atoms with Gasteiger partial charge < -0.3 is 9.47 Å². The summed E-state index contributed by atoms with van der Waals surface area (Å²) >= 11 is 0. The van der Waals surface area contributed by atoms with Crippen LogP contribution in [0, 0.1) is 5.92 Å². The fraction of sp³-hybridized carbons (Fsp3) is 0.409. The van der Waals surface area contributed by atoms with Crippen molar-refractivity contribution in [3.8, 4) is 0 Å². The van der Waals surface area contributed by atoms with Crippen molar-refractivity contribution in [2.45, 2.75) is 39.8 Å². The highest BCUT2D eigenvalue weighted by atomic mass is 16.6. The number of benzene rings is 1. The minimum atomic E-state index is -1.34. The normalized spacial score (nSPS) is 12.8. The van der Waals surface area contributed by atoms with Crippen LogP contribution in [0.15, 0.2) is 60.4 Å². The van der Waals surface area contributed by atoms with Gasteiger partial charge in [-0.3, -0.25) is 4.90 Å². The third-order valence-corrected chi connectivity index (χ3v) is 3.90. The Morgan fingerprint density at radius 3 is 2.48 bits per heavy atom. The SMILES string of the molecule is C/C=C/CN(C(=O)OCc1ccccc1)C(C)(C=C=CC(C)C)C(=O)OC. The topological polar surface area (TPSA) is 55.8 Å². The number of amides is 1. The Balaban J connectivity index is 3.15. The van der Waals surface area contributed by atoms with Crippen molar-refractivity contribution in [3.63, 3.8) is 0 Å². The quantitative estimate of drug-likeness (QED) is 0.383. The molecule has 0 saturated carbocycles. The second-order valence-corrected chi connectivity index (χ2v) is 6.58. The first-order valence-corrected chi connectivity index (χ1v) is 8.96. The maximum atomic E-state index is 12.8. The van der Waals surface area contributed by atoms with Gasteiger partial charge in [0.25, 0.3) is 0 Å². The molecule has 0 spiro atoms. The second-order valence-electron chi connectivity index (χ2n) is 6.58. The second kappa shape index (κ2) is 11.0. The minimum absolute atomic E-state index is 0.120. The van der Waals surface area contributed by atoms with Crippen molar-refractivity contribution >= 4 is 12.1 Å². The molecule has 1 atom stereocenters. The molecule has 0 aliphatic heterocycles. The number of esters is 1. The molecule has 146 valence electrons. The molecule has 1 aromatic carbocycles. The van der Waals surface area contributed by atoms with Crippen LogP contribution >= 0.6 is 0 Å². The van der Waals surface area contributed by atoms with Crippen LogP contribution in [0.1, 0.15) is 33.3 Å². The fourth-order valence-corrected chi connectivity index (χ4v) is 2.32. The van der Waals surface area contributed by atoms with E-state index in [1.54, 1.807) is 19.1 Å². The molecule has 1 amide bonds. The van der Waals surface area contributed by atoms with Gasteiger partial charge in [-0.1, -0.05) is 56.3 Å². The summed E-state index contributed by atoms with van der Waals surface area (Å²) < 4.78 is 10.4. The Bertz CT molecular complexity index is 702. The monoisotopic (exact) mass is 371 g/mol. The standard InChI is InChI=1S/C22H29NO4/c1-6-7-16-23(21(25)27-17-19-13-9-8-10-14-19)22(4,20(24)26-5)15-11-12-18(2)3/h6-10,12-15,18H,16-17H2,1-5H3/b7-6+. The number of ether oxygens (including phenoxy) is 2. The summed E-state index contributed by atoms with van der Waals surface area (Å²) in [5.74, 6) is -0.300. The van der Waals surface area contributed by atoms with Gasteiger partial charge in [0.05, 0.1) is 7.11 Å². The van der Waals surface area contributed by atoms with Crippen molar-refractivity contribution in [2.24, 2.45) is 5.92 Å². The first-order chi connectivity index (χ1) is 12.8. The van der Waals surface area contributed by atoms with Gasteiger partial charge in [-0.05, 0) is 37.5 Å². The van der Waals surface area contributed by atoms with E-state index in [2.05, 4.69) is 5.73 Å². The van der Waals surface area contributed by atoms with Gasteiger partial charge >= 0.3 is 12.1 Å². The summed E-state index contributed by atoms with van der Waals surface area (Å²) in [6.07, 6.45) is 6.36. The maximum Gasteiger partial charge on any atom is 0.411 e. The summed E-state index contributed by atoms with van der Waals surface area (Å²) in [5, 5.41) is 0. The number of rotatable bonds is 8. The third-order valence-electron chi connectivity index (χ3n) is 3.90. The van der Waals surface area contributed by atoms with Crippen LogP contribution in [0.2, 0.25) is 0 Å². The van der Waals surface area contributed by atoms with Crippen LogP contribution < -0.4 is 0 Å². The third kappa shape index (κ3) is 6.80. The van der Waals surface area contributed by atoms with Gasteiger partial charge in [-0.2, -0.15) is 0 Å². The highest BCUT2D eigenvalue weighted by molar-refractivity contribution is 5.87. The molecule has 1 aromatic rings. The van der Waals surface area contributed by atoms with Crippen LogP contribution in [0.3, 0.4) is 0 Å². The van der Waals surface area contributed by atoms with Gasteiger partial charge in [0.15, 0.2) is 5.54 Å². The van der Waals surface area contributed by atoms with E-state index in [1.165, 1.54) is 12.0 Å². The molecule has 0 bridgehead atoms. The summed E-state index contributed by atoms with van der Waals surface area (Å²) in [5.41, 5.74) is 2.53. The molecule has 0 radical (unpaired) electrons. The average Bonchev–Trinajstić information content (AvgIpc) is 2.66. The van der Waals surface area contributed by atoms with Gasteiger partial charge in [0.2, 0.25) is 0 Å². The molecule has 0 N–H and O–H groups in total. The number of methoxy groups -OCH3 is 1. The van der Waals surface area contributed by atoms with E-state index in [9.17, 15) is 9.59 Å². The highest BCUT2D eigenvalue weighted by Gasteiger charge is 2.42. The molecule has 0 heterocycles. The van der Waals surface area contributed by atoms with Gasteiger partial charge in [0.1, 0.15) is 6.61 Å². The van der Waals surface area contributed by atoms with E-state index in [0.29, 0.717) is 0 Å². The van der Waals surface area contributed by atoms with Crippen molar-refractivity contribution < 1.29 is 19.1 Å². The Morgan fingerprint density at radius 2 is 1.93 bits per heavy atom. The van der Waals surface area contributed by atoms with E-state index >= 15 is 0 Å². The van der Waals surface area contributed by atoms with Crippen molar-refractivity contribution in [1.29, 1.82) is 0 Å². The Labute approximate surface area is 162 Å². The van der Waals surface area contributed by atoms with Gasteiger partial charge in [-0.15, -0.1) is 5.73 Å². The zero-order valence-electron chi connectivity index (χ0n) is 16.8. The largest absolute Gasteiger partial charge is 0.467 e. The Morgan fingerprint density at radius 1 is 1.26 bits per heavy atom.